The van der Waals surface area contributed by atoms with Gasteiger partial charge in [0.1, 0.15) is 5.70 Å². The van der Waals surface area contributed by atoms with Crippen LogP contribution in [0.5, 0.6) is 0 Å². The fourth-order valence-corrected chi connectivity index (χ4v) is 1.53. The van der Waals surface area contributed by atoms with Gasteiger partial charge in [0, 0.05) is 6.92 Å². The molecule has 1 aliphatic heterocycles. The molecule has 1 rings (SSSR count). The number of rotatable bonds is 3. The van der Waals surface area contributed by atoms with Gasteiger partial charge in [-0.05, 0) is 12.8 Å². The molecule has 16 heavy (non-hydrogen) atoms. The molecule has 0 atom stereocenters. The predicted molar refractivity (Wildman–Crippen MR) is 58.1 cm³/mol. The number of imide groups is 1. The highest BCUT2D eigenvalue weighted by atomic mass is 16.2. The van der Waals surface area contributed by atoms with Crippen LogP contribution in [-0.2, 0) is 14.4 Å². The summed E-state index contributed by atoms with van der Waals surface area (Å²) >= 11 is 0. The van der Waals surface area contributed by atoms with Crippen molar-refractivity contribution in [1.29, 1.82) is 0 Å². The second-order valence-electron chi connectivity index (χ2n) is 3.66. The summed E-state index contributed by atoms with van der Waals surface area (Å²) in [6.07, 6.45) is 4.27. The second kappa shape index (κ2) is 5.44. The molecule has 0 saturated carbocycles. The number of amides is 3. The largest absolute Gasteiger partial charge is 0.342 e. The zero-order chi connectivity index (χ0) is 12.1. The van der Waals surface area contributed by atoms with Gasteiger partial charge in [-0.3, -0.25) is 14.4 Å². The van der Waals surface area contributed by atoms with E-state index in [-0.39, 0.29) is 24.1 Å². The highest BCUT2D eigenvalue weighted by molar-refractivity contribution is 6.10. The number of carbonyl (C=O) groups excluding carboxylic acids is 3. The third-order valence-corrected chi connectivity index (χ3v) is 2.33. The lowest BCUT2D eigenvalue weighted by atomic mass is 10.2. The summed E-state index contributed by atoms with van der Waals surface area (Å²) < 4.78 is 0. The SMILES string of the molecule is CCCCC=C1C(=O)NCC(=O)N1C(C)=O. The van der Waals surface area contributed by atoms with Crippen molar-refractivity contribution in [2.75, 3.05) is 6.54 Å². The van der Waals surface area contributed by atoms with Crippen molar-refractivity contribution in [3.8, 4) is 0 Å². The van der Waals surface area contributed by atoms with Gasteiger partial charge in [0.25, 0.3) is 11.8 Å². The first kappa shape index (κ1) is 12.4. The van der Waals surface area contributed by atoms with Crippen molar-refractivity contribution in [3.63, 3.8) is 0 Å². The number of hydrogen-bond donors (Lipinski definition) is 1. The maximum atomic E-state index is 11.5. The van der Waals surface area contributed by atoms with Crippen LogP contribution in [0.15, 0.2) is 11.8 Å². The zero-order valence-electron chi connectivity index (χ0n) is 9.58. The Bertz CT molecular complexity index is 347. The van der Waals surface area contributed by atoms with Gasteiger partial charge in [-0.25, -0.2) is 4.90 Å². The van der Waals surface area contributed by atoms with Crippen LogP contribution in [0.25, 0.3) is 0 Å². The molecule has 3 amide bonds. The summed E-state index contributed by atoms with van der Waals surface area (Å²) in [4.78, 5) is 35.2. The minimum Gasteiger partial charge on any atom is -0.342 e. The molecule has 88 valence electrons. The molecule has 0 radical (unpaired) electrons. The molecule has 1 N–H and O–H groups in total. The van der Waals surface area contributed by atoms with Crippen LogP contribution >= 0.6 is 0 Å². The number of nitrogens with zero attached hydrogens (tertiary/aromatic N) is 1. The Morgan fingerprint density at radius 1 is 1.50 bits per heavy atom. The maximum absolute atomic E-state index is 11.5. The van der Waals surface area contributed by atoms with E-state index < -0.39 is 5.91 Å². The van der Waals surface area contributed by atoms with Gasteiger partial charge in [0.05, 0.1) is 6.54 Å². The van der Waals surface area contributed by atoms with Crippen LogP contribution in [0, 0.1) is 0 Å². The molecular formula is C11H16N2O3. The van der Waals surface area contributed by atoms with Crippen molar-refractivity contribution in [1.82, 2.24) is 10.2 Å². The molecule has 5 heteroatoms. The monoisotopic (exact) mass is 224 g/mol. The Morgan fingerprint density at radius 2 is 2.19 bits per heavy atom. The first-order valence-corrected chi connectivity index (χ1v) is 5.39. The van der Waals surface area contributed by atoms with Gasteiger partial charge in [0.15, 0.2) is 0 Å². The summed E-state index contributed by atoms with van der Waals surface area (Å²) in [5.74, 6) is -1.15. The minimum atomic E-state index is -0.414. The molecule has 1 fully saturated rings. The van der Waals surface area contributed by atoms with E-state index in [2.05, 4.69) is 5.32 Å². The van der Waals surface area contributed by atoms with Gasteiger partial charge in [0.2, 0.25) is 5.91 Å². The molecule has 0 aliphatic carbocycles. The number of allylic oxidation sites excluding steroid dienone is 1. The zero-order valence-corrected chi connectivity index (χ0v) is 9.58. The van der Waals surface area contributed by atoms with Gasteiger partial charge in [-0.1, -0.05) is 19.4 Å². The highest BCUT2D eigenvalue weighted by Gasteiger charge is 2.31. The van der Waals surface area contributed by atoms with E-state index in [9.17, 15) is 14.4 Å². The smallest absolute Gasteiger partial charge is 0.268 e. The van der Waals surface area contributed by atoms with Crippen molar-refractivity contribution >= 4 is 17.7 Å². The fourth-order valence-electron chi connectivity index (χ4n) is 1.53. The summed E-state index contributed by atoms with van der Waals surface area (Å²) in [6, 6.07) is 0. The second-order valence-corrected chi connectivity index (χ2v) is 3.66. The first-order valence-electron chi connectivity index (χ1n) is 5.39. The molecule has 1 aliphatic rings. The van der Waals surface area contributed by atoms with Crippen molar-refractivity contribution < 1.29 is 14.4 Å². The number of piperazine rings is 1. The van der Waals surface area contributed by atoms with E-state index in [0.29, 0.717) is 6.42 Å². The lowest BCUT2D eigenvalue weighted by molar-refractivity contribution is -0.145. The fraction of sp³-hybridized carbons (Fsp3) is 0.545. The summed E-state index contributed by atoms with van der Waals surface area (Å²) in [7, 11) is 0. The van der Waals surface area contributed by atoms with Gasteiger partial charge >= 0.3 is 0 Å². The lowest BCUT2D eigenvalue weighted by Crippen LogP contribution is -2.51. The van der Waals surface area contributed by atoms with Crippen molar-refractivity contribution in [3.05, 3.63) is 11.8 Å². The third-order valence-electron chi connectivity index (χ3n) is 2.33. The molecule has 1 saturated heterocycles. The molecule has 0 bridgehead atoms. The van der Waals surface area contributed by atoms with E-state index in [1.54, 1.807) is 6.08 Å². The Balaban J connectivity index is 2.88. The van der Waals surface area contributed by atoms with Gasteiger partial charge < -0.3 is 5.32 Å². The number of unbranched alkanes of at least 4 members (excludes halogenated alkanes) is 2. The topological polar surface area (TPSA) is 66.5 Å². The van der Waals surface area contributed by atoms with Crippen LogP contribution in [0.3, 0.4) is 0 Å². The molecule has 0 aromatic rings. The Labute approximate surface area is 94.5 Å². The van der Waals surface area contributed by atoms with E-state index in [0.717, 1.165) is 17.7 Å². The average Bonchev–Trinajstić information content (AvgIpc) is 2.23. The summed E-state index contributed by atoms with van der Waals surface area (Å²) in [5, 5.41) is 2.44. The quantitative estimate of drug-likeness (QED) is 0.563. The maximum Gasteiger partial charge on any atom is 0.268 e. The predicted octanol–water partition coefficient (Wildman–Crippen LogP) is 0.565. The molecule has 0 aromatic heterocycles. The summed E-state index contributed by atoms with van der Waals surface area (Å²) in [5.41, 5.74) is 0.164. The Morgan fingerprint density at radius 3 is 2.75 bits per heavy atom. The van der Waals surface area contributed by atoms with Crippen molar-refractivity contribution in [2.45, 2.75) is 33.1 Å². The number of nitrogens with one attached hydrogen (secondary N) is 1. The number of hydrogen-bond acceptors (Lipinski definition) is 3. The Kier molecular flexibility index (Phi) is 4.22. The van der Waals surface area contributed by atoms with Crippen LogP contribution in [0.2, 0.25) is 0 Å². The standard InChI is InChI=1S/C11H16N2O3/c1-3-4-5-6-9-11(16)12-7-10(15)13(9)8(2)14/h6H,3-5,7H2,1-2H3,(H,12,16). The molecule has 0 aromatic carbocycles. The third kappa shape index (κ3) is 2.68. The van der Waals surface area contributed by atoms with Crippen LogP contribution in [0.1, 0.15) is 33.1 Å². The van der Waals surface area contributed by atoms with Crippen molar-refractivity contribution in [2.24, 2.45) is 0 Å². The van der Waals surface area contributed by atoms with E-state index in [1.807, 2.05) is 6.92 Å². The normalized spacial score (nSPS) is 18.9. The highest BCUT2D eigenvalue weighted by Crippen LogP contribution is 2.12. The first-order chi connectivity index (χ1) is 7.57. The average molecular weight is 224 g/mol. The lowest BCUT2D eigenvalue weighted by Gasteiger charge is -2.26. The number of carbonyl (C=O) groups is 3. The molecule has 0 spiro atoms. The molecule has 5 nitrogen and oxygen atoms in total. The molecular weight excluding hydrogens is 208 g/mol. The van der Waals surface area contributed by atoms with E-state index in [1.165, 1.54) is 6.92 Å². The van der Waals surface area contributed by atoms with Crippen LogP contribution < -0.4 is 5.32 Å². The molecule has 0 unspecified atom stereocenters. The van der Waals surface area contributed by atoms with E-state index in [4.69, 9.17) is 0 Å². The summed E-state index contributed by atoms with van der Waals surface area (Å²) in [6.45, 7) is 3.21. The van der Waals surface area contributed by atoms with Gasteiger partial charge in [-0.2, -0.15) is 0 Å². The van der Waals surface area contributed by atoms with Crippen LogP contribution in [0.4, 0.5) is 0 Å². The minimum absolute atomic E-state index is 0.108. The van der Waals surface area contributed by atoms with E-state index >= 15 is 0 Å². The Hall–Kier alpha value is -1.65. The molecule has 1 heterocycles. The van der Waals surface area contributed by atoms with Gasteiger partial charge in [-0.15, -0.1) is 0 Å². The van der Waals surface area contributed by atoms with Crippen LogP contribution in [-0.4, -0.2) is 29.2 Å².